The number of benzene rings is 2. The zero-order valence-electron chi connectivity index (χ0n) is 16.9. The number of anilines is 1. The third kappa shape index (κ3) is 3.08. The lowest BCUT2D eigenvalue weighted by atomic mass is 9.99. The van der Waals surface area contributed by atoms with Crippen molar-refractivity contribution in [2.45, 2.75) is 13.0 Å². The fourth-order valence-corrected chi connectivity index (χ4v) is 5.23. The van der Waals surface area contributed by atoms with Crippen molar-refractivity contribution in [3.63, 3.8) is 0 Å². The van der Waals surface area contributed by atoms with Crippen molar-refractivity contribution >= 4 is 55.2 Å². The number of hydrogen-bond acceptors (Lipinski definition) is 7. The van der Waals surface area contributed by atoms with Gasteiger partial charge in [-0.15, -0.1) is 0 Å². The summed E-state index contributed by atoms with van der Waals surface area (Å²) >= 11 is 4.43. The summed E-state index contributed by atoms with van der Waals surface area (Å²) in [6.45, 7) is 1.67. The molecule has 1 aliphatic heterocycles. The number of aryl methyl sites for hydroxylation is 1. The van der Waals surface area contributed by atoms with Gasteiger partial charge in [-0.25, -0.2) is 9.78 Å². The first-order valence-electron chi connectivity index (χ1n) is 9.61. The Balaban J connectivity index is 1.78. The molecule has 0 saturated heterocycles. The van der Waals surface area contributed by atoms with Crippen LogP contribution in [0.15, 0.2) is 62.2 Å². The van der Waals surface area contributed by atoms with E-state index >= 15 is 0 Å². The van der Waals surface area contributed by atoms with Gasteiger partial charge in [-0.3, -0.25) is 14.5 Å². The maximum absolute atomic E-state index is 13.6. The number of carbonyl (C=O) groups is 2. The SMILES string of the molecule is COC(=O)c1sc(N2C(=O)c3oc4ccc(Br)cc4c(=O)c3C2c2ccccc2)nc1C. The molecule has 2 aromatic carbocycles. The van der Waals surface area contributed by atoms with Gasteiger partial charge in [0.05, 0.1) is 29.8 Å². The number of aromatic nitrogens is 1. The molecule has 9 heteroatoms. The van der Waals surface area contributed by atoms with Gasteiger partial charge in [0.1, 0.15) is 10.5 Å². The first kappa shape index (κ1) is 20.6. The second-order valence-corrected chi connectivity index (χ2v) is 9.10. The number of halogens is 1. The van der Waals surface area contributed by atoms with E-state index in [1.165, 1.54) is 12.0 Å². The molecule has 0 radical (unpaired) electrons. The van der Waals surface area contributed by atoms with E-state index in [1.54, 1.807) is 25.1 Å². The highest BCUT2D eigenvalue weighted by Gasteiger charge is 2.45. The second kappa shape index (κ2) is 7.68. The first-order valence-corrected chi connectivity index (χ1v) is 11.2. The highest BCUT2D eigenvalue weighted by Crippen LogP contribution is 2.43. The molecule has 7 nitrogen and oxygen atoms in total. The van der Waals surface area contributed by atoms with Crippen molar-refractivity contribution < 1.29 is 18.7 Å². The van der Waals surface area contributed by atoms with Crippen molar-refractivity contribution in [1.29, 1.82) is 0 Å². The third-order valence-corrected chi connectivity index (χ3v) is 6.94. The minimum absolute atomic E-state index is 0.0221. The van der Waals surface area contributed by atoms with Crippen LogP contribution in [0.2, 0.25) is 0 Å². The Morgan fingerprint density at radius 3 is 2.66 bits per heavy atom. The van der Waals surface area contributed by atoms with Gasteiger partial charge >= 0.3 is 5.97 Å². The first-order chi connectivity index (χ1) is 15.4. The van der Waals surface area contributed by atoms with Gasteiger partial charge in [0, 0.05) is 4.47 Å². The molecule has 3 heterocycles. The van der Waals surface area contributed by atoms with E-state index < -0.39 is 17.9 Å². The molecule has 0 saturated carbocycles. The summed E-state index contributed by atoms with van der Waals surface area (Å²) in [6, 6.07) is 13.5. The van der Waals surface area contributed by atoms with Crippen LogP contribution in [0.3, 0.4) is 0 Å². The smallest absolute Gasteiger partial charge is 0.350 e. The van der Waals surface area contributed by atoms with Gasteiger partial charge in [0.15, 0.2) is 10.6 Å². The molecule has 0 fully saturated rings. The second-order valence-electron chi connectivity index (χ2n) is 7.21. The van der Waals surface area contributed by atoms with Crippen molar-refractivity contribution in [3.8, 4) is 0 Å². The minimum Gasteiger partial charge on any atom is -0.465 e. The normalized spacial score (nSPS) is 15.3. The average Bonchev–Trinajstić information content (AvgIpc) is 3.32. The number of methoxy groups -OCH3 is 1. The lowest BCUT2D eigenvalue weighted by molar-refractivity contribution is 0.0605. The predicted octanol–water partition coefficient (Wildman–Crippen LogP) is 4.86. The molecule has 0 aliphatic carbocycles. The zero-order chi connectivity index (χ0) is 22.6. The van der Waals surface area contributed by atoms with Crippen LogP contribution in [0.4, 0.5) is 5.13 Å². The quantitative estimate of drug-likeness (QED) is 0.365. The van der Waals surface area contributed by atoms with E-state index in [0.29, 0.717) is 21.5 Å². The van der Waals surface area contributed by atoms with E-state index in [2.05, 4.69) is 20.9 Å². The molecule has 0 bridgehead atoms. The number of ether oxygens (including phenoxy) is 1. The van der Waals surface area contributed by atoms with E-state index in [1.807, 2.05) is 30.3 Å². The maximum atomic E-state index is 13.6. The summed E-state index contributed by atoms with van der Waals surface area (Å²) in [5.74, 6) is -1.04. The Bertz CT molecular complexity index is 1460. The van der Waals surface area contributed by atoms with E-state index in [-0.39, 0.29) is 21.9 Å². The Morgan fingerprint density at radius 2 is 1.94 bits per heavy atom. The van der Waals surface area contributed by atoms with Crippen LogP contribution in [-0.2, 0) is 4.74 Å². The van der Waals surface area contributed by atoms with Crippen molar-refractivity contribution in [2.75, 3.05) is 12.0 Å². The topological polar surface area (TPSA) is 89.7 Å². The highest BCUT2D eigenvalue weighted by atomic mass is 79.9. The number of esters is 1. The van der Waals surface area contributed by atoms with E-state index in [0.717, 1.165) is 21.4 Å². The maximum Gasteiger partial charge on any atom is 0.350 e. The largest absolute Gasteiger partial charge is 0.465 e. The number of carbonyl (C=O) groups excluding carboxylic acids is 2. The monoisotopic (exact) mass is 510 g/mol. The number of nitrogens with zero attached hydrogens (tertiary/aromatic N) is 2. The molecular weight excluding hydrogens is 496 g/mol. The van der Waals surface area contributed by atoms with Gasteiger partial charge in [-0.05, 0) is 30.7 Å². The Hall–Kier alpha value is -3.30. The summed E-state index contributed by atoms with van der Waals surface area (Å²) in [5.41, 5.74) is 1.46. The van der Waals surface area contributed by atoms with Gasteiger partial charge in [0.2, 0.25) is 5.76 Å². The number of fused-ring (bicyclic) bond motifs is 2. The summed E-state index contributed by atoms with van der Waals surface area (Å²) in [4.78, 5) is 45.4. The molecule has 5 rings (SSSR count). The predicted molar refractivity (Wildman–Crippen MR) is 123 cm³/mol. The highest BCUT2D eigenvalue weighted by molar-refractivity contribution is 9.10. The molecule has 0 spiro atoms. The summed E-state index contributed by atoms with van der Waals surface area (Å²) in [5, 5.41) is 0.664. The average molecular weight is 511 g/mol. The number of thiazole rings is 1. The van der Waals surface area contributed by atoms with Crippen LogP contribution in [0, 0.1) is 6.92 Å². The summed E-state index contributed by atoms with van der Waals surface area (Å²) < 4.78 is 11.5. The lowest BCUT2D eigenvalue weighted by Gasteiger charge is -2.22. The van der Waals surface area contributed by atoms with Crippen molar-refractivity contribution in [2.24, 2.45) is 0 Å². The number of hydrogen-bond donors (Lipinski definition) is 0. The fraction of sp³-hybridized carbons (Fsp3) is 0.130. The van der Waals surface area contributed by atoms with Crippen LogP contribution in [0.1, 0.15) is 43.1 Å². The van der Waals surface area contributed by atoms with Crippen LogP contribution in [0.25, 0.3) is 11.0 Å². The summed E-state index contributed by atoms with van der Waals surface area (Å²) in [7, 11) is 1.29. The third-order valence-electron chi connectivity index (χ3n) is 5.31. The molecule has 1 atom stereocenters. The lowest BCUT2D eigenvalue weighted by Crippen LogP contribution is -2.29. The van der Waals surface area contributed by atoms with Crippen molar-refractivity contribution in [1.82, 2.24) is 4.98 Å². The Labute approximate surface area is 194 Å². The Kier molecular flexibility index (Phi) is 4.94. The van der Waals surface area contributed by atoms with E-state index in [9.17, 15) is 14.4 Å². The molecular formula is C23H15BrN2O5S. The fourth-order valence-electron chi connectivity index (χ4n) is 3.86. The molecule has 4 aromatic rings. The van der Waals surface area contributed by atoms with Gasteiger partial charge in [-0.2, -0.15) is 0 Å². The molecule has 160 valence electrons. The van der Waals surface area contributed by atoms with Gasteiger partial charge in [0.25, 0.3) is 5.91 Å². The van der Waals surface area contributed by atoms with Crippen molar-refractivity contribution in [3.05, 3.63) is 90.7 Å². The molecule has 1 amide bonds. The number of rotatable bonds is 3. The van der Waals surface area contributed by atoms with Crippen LogP contribution >= 0.6 is 27.3 Å². The summed E-state index contributed by atoms with van der Waals surface area (Å²) in [6.07, 6.45) is 0. The molecule has 1 aliphatic rings. The molecule has 0 N–H and O–H groups in total. The van der Waals surface area contributed by atoms with Crippen LogP contribution < -0.4 is 10.3 Å². The van der Waals surface area contributed by atoms with Gasteiger partial charge < -0.3 is 9.15 Å². The number of amides is 1. The van der Waals surface area contributed by atoms with Crippen LogP contribution in [0.5, 0.6) is 0 Å². The van der Waals surface area contributed by atoms with Gasteiger partial charge in [-0.1, -0.05) is 57.6 Å². The molecule has 1 unspecified atom stereocenters. The van der Waals surface area contributed by atoms with E-state index in [4.69, 9.17) is 9.15 Å². The minimum atomic E-state index is -0.741. The molecule has 2 aromatic heterocycles. The Morgan fingerprint density at radius 1 is 1.19 bits per heavy atom. The molecule has 32 heavy (non-hydrogen) atoms. The zero-order valence-corrected chi connectivity index (χ0v) is 19.3. The standard InChI is InChI=1S/C23H15BrN2O5S/c1-11-20(22(29)30-2)32-23(25-11)26-17(12-6-4-3-5-7-12)16-18(27)14-10-13(24)8-9-15(14)31-19(16)21(26)28/h3-10,17H,1-2H3. The van der Waals surface area contributed by atoms with Crippen LogP contribution in [-0.4, -0.2) is 24.0 Å².